The van der Waals surface area contributed by atoms with E-state index in [0.29, 0.717) is 19.4 Å². The normalized spacial score (nSPS) is 10.2. The molecular formula is C12H22N2O4. The second kappa shape index (κ2) is 8.49. The van der Waals surface area contributed by atoms with E-state index in [0.717, 1.165) is 0 Å². The zero-order valence-corrected chi connectivity index (χ0v) is 11.2. The molecule has 2 amide bonds. The number of aliphatic carboxylic acids is 1. The van der Waals surface area contributed by atoms with Crippen LogP contribution in [0.3, 0.4) is 0 Å². The van der Waals surface area contributed by atoms with Crippen LogP contribution in [0.4, 0.5) is 0 Å². The highest BCUT2D eigenvalue weighted by molar-refractivity contribution is 5.86. The lowest BCUT2D eigenvalue weighted by Gasteiger charge is -2.22. The van der Waals surface area contributed by atoms with Crippen LogP contribution in [0.1, 0.15) is 33.6 Å². The fourth-order valence-corrected chi connectivity index (χ4v) is 1.46. The van der Waals surface area contributed by atoms with E-state index >= 15 is 0 Å². The maximum Gasteiger partial charge on any atom is 0.323 e. The molecule has 0 saturated carbocycles. The molecule has 6 nitrogen and oxygen atoms in total. The molecule has 0 aliphatic carbocycles. The first kappa shape index (κ1) is 16.4. The summed E-state index contributed by atoms with van der Waals surface area (Å²) in [4.78, 5) is 34.9. The average molecular weight is 258 g/mol. The minimum absolute atomic E-state index is 0.140. The molecule has 0 bridgehead atoms. The predicted octanol–water partition coefficient (Wildman–Crippen LogP) is 0.472. The highest BCUT2D eigenvalue weighted by Crippen LogP contribution is 1.99. The Hall–Kier alpha value is -1.59. The van der Waals surface area contributed by atoms with Gasteiger partial charge in [-0.15, -0.1) is 0 Å². The number of nitrogens with one attached hydrogen (secondary N) is 1. The number of carboxylic acids is 1. The summed E-state index contributed by atoms with van der Waals surface area (Å²) >= 11 is 0. The van der Waals surface area contributed by atoms with Crippen molar-refractivity contribution >= 4 is 17.8 Å². The average Bonchev–Trinajstić information content (AvgIpc) is 2.24. The van der Waals surface area contributed by atoms with E-state index < -0.39 is 5.97 Å². The Morgan fingerprint density at radius 2 is 1.89 bits per heavy atom. The summed E-state index contributed by atoms with van der Waals surface area (Å²) in [5.74, 6) is -1.43. The van der Waals surface area contributed by atoms with Crippen molar-refractivity contribution in [1.82, 2.24) is 10.2 Å². The van der Waals surface area contributed by atoms with Crippen molar-refractivity contribution in [1.29, 1.82) is 0 Å². The largest absolute Gasteiger partial charge is 0.480 e. The molecule has 18 heavy (non-hydrogen) atoms. The van der Waals surface area contributed by atoms with E-state index in [1.165, 1.54) is 4.90 Å². The molecule has 0 aliphatic rings. The Morgan fingerprint density at radius 3 is 2.33 bits per heavy atom. The molecule has 0 spiro atoms. The van der Waals surface area contributed by atoms with E-state index in [2.05, 4.69) is 5.32 Å². The number of carbonyl (C=O) groups is 3. The summed E-state index contributed by atoms with van der Waals surface area (Å²) < 4.78 is 0. The highest BCUT2D eigenvalue weighted by atomic mass is 16.4. The summed E-state index contributed by atoms with van der Waals surface area (Å²) in [5.41, 5.74) is 0. The number of carboxylic acid groups (broad SMARTS) is 1. The summed E-state index contributed by atoms with van der Waals surface area (Å²) in [6.45, 7) is 5.57. The molecule has 0 rings (SSSR count). The molecule has 0 saturated heterocycles. The first-order chi connectivity index (χ1) is 8.36. The van der Waals surface area contributed by atoms with Crippen LogP contribution in [0.5, 0.6) is 0 Å². The Bertz CT molecular complexity index is 302. The van der Waals surface area contributed by atoms with Crippen molar-refractivity contribution in [3.05, 3.63) is 0 Å². The Morgan fingerprint density at radius 1 is 1.28 bits per heavy atom. The summed E-state index contributed by atoms with van der Waals surface area (Å²) in [6, 6.07) is 0. The molecule has 0 atom stereocenters. The van der Waals surface area contributed by atoms with Crippen molar-refractivity contribution in [2.45, 2.75) is 33.6 Å². The van der Waals surface area contributed by atoms with Gasteiger partial charge >= 0.3 is 5.97 Å². The van der Waals surface area contributed by atoms with Crippen LogP contribution >= 0.6 is 0 Å². The van der Waals surface area contributed by atoms with E-state index in [1.807, 2.05) is 20.8 Å². The first-order valence-corrected chi connectivity index (χ1v) is 6.13. The van der Waals surface area contributed by atoms with E-state index in [1.54, 1.807) is 0 Å². The van der Waals surface area contributed by atoms with Gasteiger partial charge in [-0.25, -0.2) is 0 Å². The second-order valence-corrected chi connectivity index (χ2v) is 4.59. The molecule has 0 aromatic heterocycles. The van der Waals surface area contributed by atoms with Gasteiger partial charge in [0.2, 0.25) is 11.8 Å². The molecule has 2 N–H and O–H groups in total. The smallest absolute Gasteiger partial charge is 0.323 e. The molecule has 6 heteroatoms. The molecule has 0 radical (unpaired) electrons. The lowest BCUT2D eigenvalue weighted by Crippen LogP contribution is -2.44. The van der Waals surface area contributed by atoms with Gasteiger partial charge < -0.3 is 15.3 Å². The molecule has 0 heterocycles. The van der Waals surface area contributed by atoms with Crippen LogP contribution < -0.4 is 5.32 Å². The maximum atomic E-state index is 11.8. The van der Waals surface area contributed by atoms with Gasteiger partial charge in [0, 0.05) is 13.0 Å². The van der Waals surface area contributed by atoms with Crippen LogP contribution in [0.25, 0.3) is 0 Å². The molecule has 104 valence electrons. The lowest BCUT2D eigenvalue weighted by atomic mass is 10.2. The number of amides is 2. The van der Waals surface area contributed by atoms with Gasteiger partial charge in [0.15, 0.2) is 0 Å². The molecule has 0 fully saturated rings. The van der Waals surface area contributed by atoms with Gasteiger partial charge in [0.05, 0.1) is 6.54 Å². The van der Waals surface area contributed by atoms with Gasteiger partial charge in [-0.2, -0.15) is 0 Å². The second-order valence-electron chi connectivity index (χ2n) is 4.59. The van der Waals surface area contributed by atoms with Crippen molar-refractivity contribution < 1.29 is 19.5 Å². The third kappa shape index (κ3) is 7.65. The van der Waals surface area contributed by atoms with Crippen LogP contribution in [0.2, 0.25) is 0 Å². The van der Waals surface area contributed by atoms with Crippen molar-refractivity contribution in [2.24, 2.45) is 5.92 Å². The quantitative estimate of drug-likeness (QED) is 0.662. The molecule has 0 aliphatic heterocycles. The minimum atomic E-state index is -1.05. The zero-order chi connectivity index (χ0) is 14.1. The van der Waals surface area contributed by atoms with E-state index in [9.17, 15) is 14.4 Å². The van der Waals surface area contributed by atoms with Crippen LogP contribution in [0.15, 0.2) is 0 Å². The molecule has 0 unspecified atom stereocenters. The monoisotopic (exact) mass is 258 g/mol. The van der Waals surface area contributed by atoms with Crippen LogP contribution in [-0.2, 0) is 14.4 Å². The number of rotatable bonds is 8. The van der Waals surface area contributed by atoms with Gasteiger partial charge in [-0.1, -0.05) is 20.8 Å². The fraction of sp³-hybridized carbons (Fsp3) is 0.750. The summed E-state index contributed by atoms with van der Waals surface area (Å²) in [5, 5.41) is 11.2. The standard InChI is InChI=1S/C12H22N2O4/c1-4-5-10(15)13-6-11(16)14(7-9(2)3)8-12(17)18/h9H,4-8H2,1-3H3,(H,13,15)(H,17,18). The highest BCUT2D eigenvalue weighted by Gasteiger charge is 2.18. The zero-order valence-electron chi connectivity index (χ0n) is 11.2. The number of carbonyl (C=O) groups excluding carboxylic acids is 2. The van der Waals surface area contributed by atoms with E-state index in [-0.39, 0.29) is 30.8 Å². The summed E-state index contributed by atoms with van der Waals surface area (Å²) in [6.07, 6.45) is 1.08. The Kier molecular flexibility index (Phi) is 7.74. The SMILES string of the molecule is CCCC(=O)NCC(=O)N(CC(=O)O)CC(C)C. The van der Waals surface area contributed by atoms with Gasteiger partial charge in [-0.05, 0) is 12.3 Å². The third-order valence-electron chi connectivity index (χ3n) is 2.18. The first-order valence-electron chi connectivity index (χ1n) is 6.13. The van der Waals surface area contributed by atoms with Crippen LogP contribution in [-0.4, -0.2) is 47.4 Å². The van der Waals surface area contributed by atoms with Crippen molar-refractivity contribution in [3.8, 4) is 0 Å². The number of hydrogen-bond acceptors (Lipinski definition) is 3. The van der Waals surface area contributed by atoms with Crippen LogP contribution in [0, 0.1) is 5.92 Å². The van der Waals surface area contributed by atoms with Crippen molar-refractivity contribution in [3.63, 3.8) is 0 Å². The van der Waals surface area contributed by atoms with Crippen molar-refractivity contribution in [2.75, 3.05) is 19.6 Å². The fourth-order valence-electron chi connectivity index (χ4n) is 1.46. The number of nitrogens with zero attached hydrogens (tertiary/aromatic N) is 1. The Balaban J connectivity index is 4.28. The minimum Gasteiger partial charge on any atom is -0.480 e. The van der Waals surface area contributed by atoms with Gasteiger partial charge in [0.25, 0.3) is 0 Å². The molecule has 0 aromatic rings. The predicted molar refractivity (Wildman–Crippen MR) is 67.0 cm³/mol. The molecular weight excluding hydrogens is 236 g/mol. The maximum absolute atomic E-state index is 11.8. The van der Waals surface area contributed by atoms with Gasteiger partial charge in [0.1, 0.15) is 6.54 Å². The molecule has 0 aromatic carbocycles. The topological polar surface area (TPSA) is 86.7 Å². The lowest BCUT2D eigenvalue weighted by molar-refractivity contribution is -0.144. The third-order valence-corrected chi connectivity index (χ3v) is 2.18. The Labute approximate surface area is 107 Å². The number of hydrogen-bond donors (Lipinski definition) is 2. The summed E-state index contributed by atoms with van der Waals surface area (Å²) in [7, 11) is 0. The van der Waals surface area contributed by atoms with Gasteiger partial charge in [-0.3, -0.25) is 14.4 Å². The van der Waals surface area contributed by atoms with E-state index in [4.69, 9.17) is 5.11 Å².